The summed E-state index contributed by atoms with van der Waals surface area (Å²) < 4.78 is 35.6. The highest BCUT2D eigenvalue weighted by Crippen LogP contribution is 2.25. The number of rotatable bonds is 1. The number of imidazole rings is 1. The van der Waals surface area contributed by atoms with Gasteiger partial charge in [-0.15, -0.1) is 11.3 Å². The molecular weight excluding hydrogens is 227 g/mol. The third-order valence-electron chi connectivity index (χ3n) is 2.04. The summed E-state index contributed by atoms with van der Waals surface area (Å²) in [6, 6.07) is 0. The summed E-state index contributed by atoms with van der Waals surface area (Å²) in [5.74, 6) is 0. The van der Waals surface area contributed by atoms with Crippen LogP contribution in [0.25, 0.3) is 4.96 Å². The average molecular weight is 234 g/mol. The lowest BCUT2D eigenvalue weighted by Crippen LogP contribution is -1.98. The quantitative estimate of drug-likeness (QED) is 0.705. The Labute approximate surface area is 84.2 Å². The maximum Gasteiger partial charge on any atom is 0.349 e. The third kappa shape index (κ3) is 1.24. The second-order valence-corrected chi connectivity index (χ2v) is 5.37. The number of aryl methyl sites for hydroxylation is 2. The molecule has 0 fully saturated rings. The molecule has 7 heteroatoms. The van der Waals surface area contributed by atoms with Crippen LogP contribution >= 0.6 is 11.3 Å². The molecule has 0 saturated heterocycles. The minimum atomic E-state index is -4.69. The molecule has 0 saturated carbocycles. The number of fused-ring (bicyclic) bond motifs is 1. The summed E-state index contributed by atoms with van der Waals surface area (Å²) in [6.07, 6.45) is 1.04. The lowest BCUT2D eigenvalue weighted by molar-refractivity contribution is 0.546. The van der Waals surface area contributed by atoms with E-state index in [-0.39, 0.29) is 0 Å². The van der Waals surface area contributed by atoms with Crippen LogP contribution in [0.4, 0.5) is 3.89 Å². The zero-order chi connectivity index (χ0) is 10.5. The van der Waals surface area contributed by atoms with Gasteiger partial charge in [0.2, 0.25) is 0 Å². The van der Waals surface area contributed by atoms with Gasteiger partial charge in [-0.05, 0) is 13.8 Å². The van der Waals surface area contributed by atoms with Crippen molar-refractivity contribution in [2.75, 3.05) is 0 Å². The second kappa shape index (κ2) is 2.77. The highest BCUT2D eigenvalue weighted by molar-refractivity contribution is 7.86. The van der Waals surface area contributed by atoms with Gasteiger partial charge >= 0.3 is 10.2 Å². The Morgan fingerprint density at radius 2 is 2.14 bits per heavy atom. The predicted molar refractivity (Wildman–Crippen MR) is 50.8 cm³/mol. The van der Waals surface area contributed by atoms with Crippen LogP contribution in [0.5, 0.6) is 0 Å². The van der Waals surface area contributed by atoms with E-state index in [1.54, 1.807) is 6.92 Å². The van der Waals surface area contributed by atoms with Crippen molar-refractivity contribution in [1.82, 2.24) is 9.38 Å². The number of hydrogen-bond acceptors (Lipinski definition) is 4. The minimum absolute atomic E-state index is 0.394. The molecule has 2 rings (SSSR count). The van der Waals surface area contributed by atoms with E-state index in [9.17, 15) is 12.3 Å². The summed E-state index contributed by atoms with van der Waals surface area (Å²) in [4.78, 5) is 5.25. The fourth-order valence-electron chi connectivity index (χ4n) is 1.24. The van der Waals surface area contributed by atoms with Crippen molar-refractivity contribution in [3.8, 4) is 0 Å². The highest BCUT2D eigenvalue weighted by Gasteiger charge is 2.21. The molecule has 76 valence electrons. The first kappa shape index (κ1) is 9.60. The first-order valence-electron chi connectivity index (χ1n) is 3.79. The van der Waals surface area contributed by atoms with Gasteiger partial charge in [0.15, 0.2) is 9.99 Å². The standard InChI is InChI=1S/C7H7FN2O2S2/c1-4-5(2)13-7-9-3-6(10(4)7)14(8,11)12/h3H,1-2H3. The van der Waals surface area contributed by atoms with E-state index in [4.69, 9.17) is 0 Å². The molecule has 14 heavy (non-hydrogen) atoms. The summed E-state index contributed by atoms with van der Waals surface area (Å²) in [7, 11) is -4.69. The fraction of sp³-hybridized carbons (Fsp3) is 0.286. The molecule has 0 amide bonds. The van der Waals surface area contributed by atoms with Crippen LogP contribution in [0.1, 0.15) is 10.6 Å². The van der Waals surface area contributed by atoms with E-state index in [0.29, 0.717) is 10.7 Å². The zero-order valence-electron chi connectivity index (χ0n) is 7.48. The highest BCUT2D eigenvalue weighted by atomic mass is 32.3. The van der Waals surface area contributed by atoms with Crippen molar-refractivity contribution in [3.05, 3.63) is 16.8 Å². The first-order valence-corrected chi connectivity index (χ1v) is 5.99. The molecule has 0 aliphatic carbocycles. The number of hydrogen-bond donors (Lipinski definition) is 0. The van der Waals surface area contributed by atoms with Crippen molar-refractivity contribution in [2.45, 2.75) is 18.9 Å². The van der Waals surface area contributed by atoms with Crippen LogP contribution < -0.4 is 0 Å². The van der Waals surface area contributed by atoms with Crippen LogP contribution in [-0.4, -0.2) is 17.8 Å². The number of halogens is 1. The number of thiazole rings is 1. The van der Waals surface area contributed by atoms with Gasteiger partial charge in [0.1, 0.15) is 0 Å². The molecule has 0 atom stereocenters. The molecule has 0 bridgehead atoms. The van der Waals surface area contributed by atoms with Crippen LogP contribution in [0.2, 0.25) is 0 Å². The number of aromatic nitrogens is 2. The molecule has 0 aliphatic rings. The van der Waals surface area contributed by atoms with E-state index in [1.165, 1.54) is 15.7 Å². The van der Waals surface area contributed by atoms with Crippen molar-refractivity contribution >= 4 is 26.5 Å². The Hall–Kier alpha value is -0.950. The molecule has 2 heterocycles. The van der Waals surface area contributed by atoms with E-state index < -0.39 is 15.2 Å². The second-order valence-electron chi connectivity index (χ2n) is 2.90. The van der Waals surface area contributed by atoms with E-state index >= 15 is 0 Å². The maximum absolute atomic E-state index is 12.8. The Morgan fingerprint density at radius 1 is 1.50 bits per heavy atom. The minimum Gasteiger partial charge on any atom is -0.276 e. The smallest absolute Gasteiger partial charge is 0.276 e. The largest absolute Gasteiger partial charge is 0.349 e. The molecule has 0 N–H and O–H groups in total. The molecule has 0 spiro atoms. The molecule has 2 aromatic rings. The number of nitrogens with zero attached hydrogens (tertiary/aromatic N) is 2. The van der Waals surface area contributed by atoms with Crippen LogP contribution in [0.15, 0.2) is 11.2 Å². The fourth-order valence-corrected chi connectivity index (χ4v) is 2.86. The SMILES string of the molecule is Cc1sc2ncc(S(=O)(=O)F)n2c1C. The third-order valence-corrected chi connectivity index (χ3v) is 3.90. The predicted octanol–water partition coefficient (Wildman–Crippen LogP) is 1.67. The molecular formula is C7H7FN2O2S2. The lowest BCUT2D eigenvalue weighted by atomic mass is 10.4. The molecule has 4 nitrogen and oxygen atoms in total. The zero-order valence-corrected chi connectivity index (χ0v) is 9.12. The average Bonchev–Trinajstić information content (AvgIpc) is 2.54. The van der Waals surface area contributed by atoms with Crippen molar-refractivity contribution in [2.24, 2.45) is 0 Å². The molecule has 0 radical (unpaired) electrons. The summed E-state index contributed by atoms with van der Waals surface area (Å²) in [5, 5.41) is -0.394. The normalized spacial score (nSPS) is 12.5. The molecule has 0 unspecified atom stereocenters. The van der Waals surface area contributed by atoms with Gasteiger partial charge < -0.3 is 0 Å². The van der Waals surface area contributed by atoms with Crippen molar-refractivity contribution in [3.63, 3.8) is 0 Å². The Bertz CT molecular complexity index is 597. The van der Waals surface area contributed by atoms with E-state index in [2.05, 4.69) is 4.98 Å². The van der Waals surface area contributed by atoms with Crippen LogP contribution in [-0.2, 0) is 10.2 Å². The van der Waals surface area contributed by atoms with Crippen LogP contribution in [0.3, 0.4) is 0 Å². The Morgan fingerprint density at radius 3 is 2.71 bits per heavy atom. The molecule has 0 aliphatic heterocycles. The van der Waals surface area contributed by atoms with Gasteiger partial charge in [-0.2, -0.15) is 8.42 Å². The molecule has 0 aromatic carbocycles. The summed E-state index contributed by atoms with van der Waals surface area (Å²) >= 11 is 1.34. The van der Waals surface area contributed by atoms with Gasteiger partial charge in [0.05, 0.1) is 6.20 Å². The Kier molecular flexibility index (Phi) is 1.90. The van der Waals surface area contributed by atoms with Gasteiger partial charge in [0.25, 0.3) is 0 Å². The maximum atomic E-state index is 12.8. The van der Waals surface area contributed by atoms with Crippen LogP contribution in [0, 0.1) is 13.8 Å². The summed E-state index contributed by atoms with van der Waals surface area (Å²) in [6.45, 7) is 3.57. The van der Waals surface area contributed by atoms with Gasteiger partial charge in [-0.1, -0.05) is 3.89 Å². The Balaban J connectivity index is 2.93. The van der Waals surface area contributed by atoms with Gasteiger partial charge in [-0.25, -0.2) is 4.98 Å². The molecule has 2 aromatic heterocycles. The summed E-state index contributed by atoms with van der Waals surface area (Å²) in [5.41, 5.74) is 0.707. The van der Waals surface area contributed by atoms with Gasteiger partial charge in [0, 0.05) is 10.6 Å². The van der Waals surface area contributed by atoms with Gasteiger partial charge in [-0.3, -0.25) is 4.40 Å². The monoisotopic (exact) mass is 234 g/mol. The van der Waals surface area contributed by atoms with Crippen molar-refractivity contribution in [1.29, 1.82) is 0 Å². The topological polar surface area (TPSA) is 51.4 Å². The van der Waals surface area contributed by atoms with E-state index in [1.807, 2.05) is 6.92 Å². The van der Waals surface area contributed by atoms with Crippen molar-refractivity contribution < 1.29 is 12.3 Å². The first-order chi connectivity index (χ1) is 6.41. The lowest BCUT2D eigenvalue weighted by Gasteiger charge is -1.95. The van der Waals surface area contributed by atoms with E-state index in [0.717, 1.165) is 11.1 Å².